The van der Waals surface area contributed by atoms with Gasteiger partial charge in [0.1, 0.15) is 0 Å². The van der Waals surface area contributed by atoms with E-state index < -0.39 is 0 Å². The largest absolute Gasteiger partial charge is 0.0836 e. The summed E-state index contributed by atoms with van der Waals surface area (Å²) in [6, 6.07) is 43.9. The molecule has 0 atom stereocenters. The van der Waals surface area contributed by atoms with Gasteiger partial charge in [-0.25, -0.2) is 0 Å². The summed E-state index contributed by atoms with van der Waals surface area (Å²) in [4.78, 5) is 0. The van der Waals surface area contributed by atoms with Crippen molar-refractivity contribution in [3.05, 3.63) is 194 Å². The highest BCUT2D eigenvalue weighted by molar-refractivity contribution is 6.34. The van der Waals surface area contributed by atoms with Gasteiger partial charge in [-0.15, -0.1) is 0 Å². The van der Waals surface area contributed by atoms with E-state index in [0.717, 1.165) is 11.4 Å². The zero-order valence-corrected chi connectivity index (χ0v) is 36.7. The Hall–Kier alpha value is -4.91. The predicted molar refractivity (Wildman–Crippen MR) is 249 cm³/mol. The van der Waals surface area contributed by atoms with Gasteiger partial charge in [0.05, 0.1) is 0 Å². The van der Waals surface area contributed by atoms with Crippen LogP contribution >= 0.6 is 11.6 Å². The fourth-order valence-corrected chi connectivity index (χ4v) is 10.0. The Labute approximate surface area is 348 Å². The molecular weight excluding hydrogens is 708 g/mol. The van der Waals surface area contributed by atoms with Crippen LogP contribution in [0.2, 0.25) is 5.02 Å². The van der Waals surface area contributed by atoms with Crippen LogP contribution in [0.3, 0.4) is 0 Å². The van der Waals surface area contributed by atoms with E-state index in [1.807, 2.05) is 19.9 Å². The molecule has 10 rings (SSSR count). The van der Waals surface area contributed by atoms with E-state index in [-0.39, 0.29) is 16.2 Å². The molecule has 0 radical (unpaired) electrons. The molecule has 0 spiro atoms. The molecule has 57 heavy (non-hydrogen) atoms. The molecule has 0 amide bonds. The van der Waals surface area contributed by atoms with Crippen LogP contribution in [0.1, 0.15) is 118 Å². The van der Waals surface area contributed by atoms with Gasteiger partial charge in [0.2, 0.25) is 0 Å². The van der Waals surface area contributed by atoms with Gasteiger partial charge in [0.15, 0.2) is 0 Å². The van der Waals surface area contributed by atoms with Crippen LogP contribution < -0.4 is 0 Å². The minimum Gasteiger partial charge on any atom is -0.0836 e. The standard InChI is InChI=1S/C25H25Cl.C16H16.C13H12.C2H6/c1-14-10-21-23(22(26)11-14)17-13-19-16(12-20(17)25(21,4)5)15-8-6-7-9-18(15)24(19,2)3;1-11-8-9-13-12-6-4-5-7-14(12)16(2,3)15(13)10-11;1-11-7-9-13(10-8-11)12-5-3-2-4-6-12;1-2/h6,8,10-13H,7,9H2,1-5H3;4-10H,1-3H3;2-10H,1H3;1-2H3. The first-order chi connectivity index (χ1) is 27.2. The Morgan fingerprint density at radius 3 is 1.72 bits per heavy atom. The Morgan fingerprint density at radius 2 is 1.00 bits per heavy atom. The second-order valence-corrected chi connectivity index (χ2v) is 18.1. The number of halogens is 1. The highest BCUT2D eigenvalue weighted by atomic mass is 35.5. The van der Waals surface area contributed by atoms with Crippen molar-refractivity contribution < 1.29 is 0 Å². The fourth-order valence-electron chi connectivity index (χ4n) is 9.64. The van der Waals surface area contributed by atoms with E-state index in [9.17, 15) is 0 Å². The van der Waals surface area contributed by atoms with Crippen LogP contribution in [0.5, 0.6) is 0 Å². The lowest BCUT2D eigenvalue weighted by Crippen LogP contribution is -2.18. The molecule has 4 aliphatic carbocycles. The average molecular weight is 768 g/mol. The van der Waals surface area contributed by atoms with E-state index in [1.165, 1.54) is 95.4 Å². The Balaban J connectivity index is 0.000000137. The minimum atomic E-state index is -0.0127. The SMILES string of the molecule is CC.Cc1cc(Cl)c2c(c1)C(C)(C)c1cc3c(cc1-2)C(C)(C)C1=C3C=CCC1.Cc1ccc(-c2ccccc2)cc1.Cc1ccc2c(c1)C(C)(C)c1ccccc1-2. The summed E-state index contributed by atoms with van der Waals surface area (Å²) >= 11 is 6.75. The number of hydrogen-bond donors (Lipinski definition) is 0. The number of rotatable bonds is 1. The Morgan fingerprint density at radius 1 is 0.456 bits per heavy atom. The van der Waals surface area contributed by atoms with Crippen molar-refractivity contribution in [2.24, 2.45) is 0 Å². The van der Waals surface area contributed by atoms with E-state index in [1.54, 1.807) is 5.57 Å². The molecule has 6 aromatic carbocycles. The first-order valence-electron chi connectivity index (χ1n) is 20.9. The smallest absolute Gasteiger partial charge is 0.0490 e. The van der Waals surface area contributed by atoms with Crippen molar-refractivity contribution in [2.45, 2.75) is 105 Å². The van der Waals surface area contributed by atoms with E-state index in [4.69, 9.17) is 11.6 Å². The van der Waals surface area contributed by atoms with Crippen LogP contribution in [-0.4, -0.2) is 0 Å². The molecule has 0 bridgehead atoms. The van der Waals surface area contributed by atoms with Gasteiger partial charge in [0, 0.05) is 26.8 Å². The van der Waals surface area contributed by atoms with Crippen molar-refractivity contribution in [1.82, 2.24) is 0 Å². The molecule has 0 saturated heterocycles. The van der Waals surface area contributed by atoms with Crippen molar-refractivity contribution >= 4 is 17.2 Å². The van der Waals surface area contributed by atoms with Crippen molar-refractivity contribution in [3.63, 3.8) is 0 Å². The lowest BCUT2D eigenvalue weighted by Gasteiger charge is -2.26. The molecule has 6 aromatic rings. The first-order valence-corrected chi connectivity index (χ1v) is 21.3. The summed E-state index contributed by atoms with van der Waals surface area (Å²) in [6.07, 6.45) is 7.02. The molecule has 290 valence electrons. The molecule has 0 nitrogen and oxygen atoms in total. The summed E-state index contributed by atoms with van der Waals surface area (Å²) in [5, 5.41) is 0.889. The van der Waals surface area contributed by atoms with E-state index in [2.05, 4.69) is 190 Å². The van der Waals surface area contributed by atoms with E-state index >= 15 is 0 Å². The van der Waals surface area contributed by atoms with Gasteiger partial charge in [-0.1, -0.05) is 199 Å². The molecule has 1 heteroatoms. The van der Waals surface area contributed by atoms with Crippen molar-refractivity contribution in [2.75, 3.05) is 0 Å². The highest BCUT2D eigenvalue weighted by Crippen LogP contribution is 2.57. The fraction of sp³-hybridized carbons (Fsp3) is 0.286. The molecular formula is C56H59Cl. The van der Waals surface area contributed by atoms with Crippen LogP contribution in [0.25, 0.3) is 39.0 Å². The van der Waals surface area contributed by atoms with Crippen molar-refractivity contribution in [3.8, 4) is 33.4 Å². The quantitative estimate of drug-likeness (QED) is 0.156. The number of fused-ring (bicyclic) bond motifs is 8. The zero-order valence-electron chi connectivity index (χ0n) is 36.0. The lowest BCUT2D eigenvalue weighted by atomic mass is 9.77. The average Bonchev–Trinajstić information content (AvgIpc) is 3.68. The highest BCUT2D eigenvalue weighted by Gasteiger charge is 2.43. The van der Waals surface area contributed by atoms with Gasteiger partial charge in [-0.3, -0.25) is 0 Å². The normalized spacial score (nSPS) is 16.2. The number of hydrogen-bond acceptors (Lipinski definition) is 0. The lowest BCUT2D eigenvalue weighted by molar-refractivity contribution is 0.606. The molecule has 0 aliphatic heterocycles. The topological polar surface area (TPSA) is 0 Å². The molecule has 0 saturated carbocycles. The van der Waals surface area contributed by atoms with Gasteiger partial charge in [-0.2, -0.15) is 0 Å². The van der Waals surface area contributed by atoms with Crippen LogP contribution in [0.4, 0.5) is 0 Å². The summed E-state index contributed by atoms with van der Waals surface area (Å²) in [5.74, 6) is 0. The van der Waals surface area contributed by atoms with Gasteiger partial charge < -0.3 is 0 Å². The van der Waals surface area contributed by atoms with Crippen molar-refractivity contribution in [1.29, 1.82) is 0 Å². The molecule has 0 unspecified atom stereocenters. The Kier molecular flexibility index (Phi) is 10.9. The first kappa shape index (κ1) is 40.3. The van der Waals surface area contributed by atoms with Gasteiger partial charge in [0.25, 0.3) is 0 Å². The number of aryl methyl sites for hydroxylation is 3. The molecule has 4 aliphatic rings. The van der Waals surface area contributed by atoms with Crippen LogP contribution in [-0.2, 0) is 16.2 Å². The Bertz CT molecular complexity index is 2520. The molecule has 0 fully saturated rings. The molecule has 0 heterocycles. The van der Waals surface area contributed by atoms with Gasteiger partial charge in [-0.05, 0) is 124 Å². The molecule has 0 aromatic heterocycles. The maximum absolute atomic E-state index is 6.75. The monoisotopic (exact) mass is 766 g/mol. The maximum atomic E-state index is 6.75. The second-order valence-electron chi connectivity index (χ2n) is 17.6. The third-order valence-corrected chi connectivity index (χ3v) is 13.1. The summed E-state index contributed by atoms with van der Waals surface area (Å²) in [6.45, 7) is 24.5. The molecule has 0 N–H and O–H groups in total. The predicted octanol–water partition coefficient (Wildman–Crippen LogP) is 16.3. The second kappa shape index (κ2) is 15.4. The van der Waals surface area contributed by atoms with Crippen LogP contribution in [0.15, 0.2) is 139 Å². The number of allylic oxidation sites excluding steroid dienone is 4. The van der Waals surface area contributed by atoms with Crippen LogP contribution in [0, 0.1) is 20.8 Å². The third-order valence-electron chi connectivity index (χ3n) is 12.8. The summed E-state index contributed by atoms with van der Waals surface area (Å²) < 4.78 is 0. The summed E-state index contributed by atoms with van der Waals surface area (Å²) in [5.41, 5.74) is 23.8. The maximum Gasteiger partial charge on any atom is 0.0490 e. The summed E-state index contributed by atoms with van der Waals surface area (Å²) in [7, 11) is 0. The third kappa shape index (κ3) is 7.06. The van der Waals surface area contributed by atoms with Gasteiger partial charge >= 0.3 is 0 Å². The minimum absolute atomic E-state index is 0.0127. The number of benzene rings is 6. The zero-order chi connectivity index (χ0) is 40.9. The van der Waals surface area contributed by atoms with E-state index in [0.29, 0.717) is 0 Å².